The van der Waals surface area contributed by atoms with Crippen LogP contribution in [-0.4, -0.2) is 27.5 Å². The smallest absolute Gasteiger partial charge is 0.257 e. The monoisotopic (exact) mass is 460 g/mol. The number of hydrogen-bond donors (Lipinski definition) is 2. The summed E-state index contributed by atoms with van der Waals surface area (Å²) in [6.45, 7) is 0. The molecule has 4 aromatic rings. The third-order valence-corrected chi connectivity index (χ3v) is 6.93. The van der Waals surface area contributed by atoms with Crippen molar-refractivity contribution in [3.63, 3.8) is 0 Å². The zero-order valence-corrected chi connectivity index (χ0v) is 17.9. The topological polar surface area (TPSA) is 84.0 Å². The molecule has 6 nitrogen and oxygen atoms in total. The lowest BCUT2D eigenvalue weighted by molar-refractivity contribution is -0.113. The molecule has 29 heavy (non-hydrogen) atoms. The number of nitrogens with one attached hydrogen (secondary N) is 2. The Balaban J connectivity index is 1.41. The van der Waals surface area contributed by atoms with E-state index in [0.29, 0.717) is 21.4 Å². The van der Waals surface area contributed by atoms with Crippen LogP contribution in [0.4, 0.5) is 10.8 Å². The Bertz CT molecular complexity index is 1180. The number of rotatable bonds is 6. The van der Waals surface area contributed by atoms with Crippen molar-refractivity contribution < 1.29 is 9.59 Å². The number of hydrogen-bond acceptors (Lipinski definition) is 7. The van der Waals surface area contributed by atoms with E-state index in [1.807, 2.05) is 12.1 Å². The number of benzene rings is 2. The van der Waals surface area contributed by atoms with Crippen molar-refractivity contribution in [1.29, 1.82) is 0 Å². The van der Waals surface area contributed by atoms with Gasteiger partial charge in [0.05, 0.1) is 26.6 Å². The molecule has 0 unspecified atom stereocenters. The molecule has 0 aliphatic rings. The zero-order valence-electron chi connectivity index (χ0n) is 14.7. The fraction of sp³-hybridized carbons (Fsp3) is 0.0526. The molecule has 0 saturated heterocycles. The first-order valence-corrected chi connectivity index (χ1v) is 11.4. The van der Waals surface area contributed by atoms with Gasteiger partial charge in [-0.1, -0.05) is 35.5 Å². The fourth-order valence-electron chi connectivity index (χ4n) is 2.45. The van der Waals surface area contributed by atoms with Gasteiger partial charge < -0.3 is 10.6 Å². The van der Waals surface area contributed by atoms with E-state index in [0.717, 1.165) is 14.6 Å². The van der Waals surface area contributed by atoms with Gasteiger partial charge in [-0.05, 0) is 30.3 Å². The normalized spacial score (nSPS) is 10.8. The van der Waals surface area contributed by atoms with Crippen molar-refractivity contribution in [3.8, 4) is 0 Å². The summed E-state index contributed by atoms with van der Waals surface area (Å²) < 4.78 is 1.70. The van der Waals surface area contributed by atoms with Crippen molar-refractivity contribution in [2.24, 2.45) is 0 Å². The summed E-state index contributed by atoms with van der Waals surface area (Å²) in [4.78, 5) is 33.0. The van der Waals surface area contributed by atoms with Gasteiger partial charge in [-0.15, -0.1) is 22.7 Å². The second-order valence-electron chi connectivity index (χ2n) is 5.77. The van der Waals surface area contributed by atoms with E-state index in [1.165, 1.54) is 34.4 Å². The molecule has 10 heteroatoms. The number of amides is 2. The minimum atomic E-state index is -0.270. The van der Waals surface area contributed by atoms with Crippen LogP contribution >= 0.6 is 46.0 Å². The first-order valence-electron chi connectivity index (χ1n) is 8.37. The number of thioether (sulfide) groups is 1. The van der Waals surface area contributed by atoms with Crippen molar-refractivity contribution in [1.82, 2.24) is 9.97 Å². The van der Waals surface area contributed by atoms with E-state index in [9.17, 15) is 9.59 Å². The highest BCUT2D eigenvalue weighted by Gasteiger charge is 2.12. The van der Waals surface area contributed by atoms with Crippen molar-refractivity contribution >= 4 is 78.9 Å². The highest BCUT2D eigenvalue weighted by atomic mass is 35.5. The van der Waals surface area contributed by atoms with Crippen LogP contribution in [0.5, 0.6) is 0 Å². The number of thiazole rings is 2. The number of nitrogens with zero attached hydrogens (tertiary/aromatic N) is 2. The lowest BCUT2D eigenvalue weighted by atomic mass is 10.2. The maximum Gasteiger partial charge on any atom is 0.257 e. The van der Waals surface area contributed by atoms with Crippen LogP contribution in [0.3, 0.4) is 0 Å². The van der Waals surface area contributed by atoms with Crippen LogP contribution in [-0.2, 0) is 4.79 Å². The third-order valence-electron chi connectivity index (χ3n) is 3.75. The lowest BCUT2D eigenvalue weighted by Crippen LogP contribution is -2.13. The van der Waals surface area contributed by atoms with Crippen LogP contribution < -0.4 is 10.6 Å². The quantitative estimate of drug-likeness (QED) is 0.377. The molecule has 0 fully saturated rings. The van der Waals surface area contributed by atoms with Crippen LogP contribution in [0.1, 0.15) is 10.4 Å². The SMILES string of the molecule is O=C(CSc1nc2ccc(NC(=O)c3ccccc3Cl)cc2s1)Nc1nccs1. The summed E-state index contributed by atoms with van der Waals surface area (Å²) in [5, 5.41) is 8.38. The zero-order chi connectivity index (χ0) is 20.2. The van der Waals surface area contributed by atoms with Crippen molar-refractivity contribution in [3.05, 3.63) is 64.6 Å². The molecule has 0 bridgehead atoms. The van der Waals surface area contributed by atoms with Gasteiger partial charge in [-0.3, -0.25) is 9.59 Å². The largest absolute Gasteiger partial charge is 0.322 e. The van der Waals surface area contributed by atoms with Crippen LogP contribution in [0, 0.1) is 0 Å². The standard InChI is InChI=1S/C19H13ClN4O2S3/c20-13-4-2-1-3-12(13)17(26)22-11-5-6-14-15(9-11)29-19(23-14)28-10-16(25)24-18-21-7-8-27-18/h1-9H,10H2,(H,22,26)(H,21,24,25). The number of fused-ring (bicyclic) bond motifs is 1. The van der Waals surface area contributed by atoms with Gasteiger partial charge in [0.2, 0.25) is 5.91 Å². The molecule has 2 amide bonds. The molecule has 2 aromatic heterocycles. The maximum absolute atomic E-state index is 12.4. The first kappa shape index (κ1) is 19.8. The number of aromatic nitrogens is 2. The molecular formula is C19H13ClN4O2S3. The lowest BCUT2D eigenvalue weighted by Gasteiger charge is -2.06. The summed E-state index contributed by atoms with van der Waals surface area (Å²) in [5.74, 6) is -0.153. The van der Waals surface area contributed by atoms with Gasteiger partial charge in [0.25, 0.3) is 5.91 Å². The van der Waals surface area contributed by atoms with E-state index in [2.05, 4.69) is 20.6 Å². The number of carbonyl (C=O) groups is 2. The molecule has 0 atom stereocenters. The summed E-state index contributed by atoms with van der Waals surface area (Å²) in [7, 11) is 0. The molecular weight excluding hydrogens is 448 g/mol. The summed E-state index contributed by atoms with van der Waals surface area (Å²) in [5.41, 5.74) is 1.89. The second kappa shape index (κ2) is 8.91. The predicted molar refractivity (Wildman–Crippen MR) is 120 cm³/mol. The Hall–Kier alpha value is -2.46. The molecule has 0 spiro atoms. The van der Waals surface area contributed by atoms with E-state index >= 15 is 0 Å². The van der Waals surface area contributed by atoms with Gasteiger partial charge in [0.15, 0.2) is 9.47 Å². The Morgan fingerprint density at radius 1 is 1.14 bits per heavy atom. The molecule has 0 aliphatic carbocycles. The maximum atomic E-state index is 12.4. The van der Waals surface area contributed by atoms with Gasteiger partial charge in [-0.2, -0.15) is 0 Å². The number of carbonyl (C=O) groups excluding carboxylic acids is 2. The predicted octanol–water partition coefficient (Wildman–Crippen LogP) is 5.39. The highest BCUT2D eigenvalue weighted by Crippen LogP contribution is 2.31. The van der Waals surface area contributed by atoms with E-state index in [1.54, 1.807) is 41.9 Å². The Morgan fingerprint density at radius 3 is 2.79 bits per heavy atom. The minimum absolute atomic E-state index is 0.128. The van der Waals surface area contributed by atoms with Crippen LogP contribution in [0.2, 0.25) is 5.02 Å². The molecule has 2 aromatic carbocycles. The molecule has 146 valence electrons. The molecule has 2 heterocycles. The van der Waals surface area contributed by atoms with Crippen molar-refractivity contribution in [2.75, 3.05) is 16.4 Å². The Morgan fingerprint density at radius 2 is 2.00 bits per heavy atom. The summed E-state index contributed by atoms with van der Waals surface area (Å²) >= 11 is 10.3. The van der Waals surface area contributed by atoms with Gasteiger partial charge >= 0.3 is 0 Å². The number of halogens is 1. The highest BCUT2D eigenvalue weighted by molar-refractivity contribution is 8.01. The van der Waals surface area contributed by atoms with E-state index in [4.69, 9.17) is 11.6 Å². The average molecular weight is 461 g/mol. The molecule has 0 saturated carbocycles. The van der Waals surface area contributed by atoms with Gasteiger partial charge in [-0.25, -0.2) is 9.97 Å². The van der Waals surface area contributed by atoms with Gasteiger partial charge in [0.1, 0.15) is 0 Å². The van der Waals surface area contributed by atoms with E-state index in [-0.39, 0.29) is 17.6 Å². The first-order chi connectivity index (χ1) is 14.1. The van der Waals surface area contributed by atoms with E-state index < -0.39 is 0 Å². The molecule has 0 radical (unpaired) electrons. The Labute approximate surface area is 183 Å². The summed E-state index contributed by atoms with van der Waals surface area (Å²) in [6.07, 6.45) is 1.64. The number of anilines is 2. The third kappa shape index (κ3) is 4.94. The summed E-state index contributed by atoms with van der Waals surface area (Å²) in [6, 6.07) is 12.4. The van der Waals surface area contributed by atoms with Crippen LogP contribution in [0.15, 0.2) is 58.4 Å². The van der Waals surface area contributed by atoms with Crippen molar-refractivity contribution in [2.45, 2.75) is 4.34 Å². The molecule has 4 rings (SSSR count). The van der Waals surface area contributed by atoms with Crippen LogP contribution in [0.25, 0.3) is 10.2 Å². The minimum Gasteiger partial charge on any atom is -0.322 e. The average Bonchev–Trinajstić information content (AvgIpc) is 3.35. The molecule has 2 N–H and O–H groups in total. The fourth-order valence-corrected chi connectivity index (χ4v) is 5.13. The second-order valence-corrected chi connectivity index (χ2v) is 9.33. The molecule has 0 aliphatic heterocycles. The van der Waals surface area contributed by atoms with Gasteiger partial charge in [0, 0.05) is 17.3 Å². The Kier molecular flexibility index (Phi) is 6.10.